The van der Waals surface area contributed by atoms with Gasteiger partial charge in [-0.2, -0.15) is 0 Å². The minimum Gasteiger partial charge on any atom is -0.344 e. The van der Waals surface area contributed by atoms with Crippen LogP contribution in [0.4, 0.5) is 0 Å². The average molecular weight is 362 g/mol. The minimum absolute atomic E-state index is 0.0589. The fourth-order valence-corrected chi connectivity index (χ4v) is 3.64. The van der Waals surface area contributed by atoms with Crippen LogP contribution in [0.1, 0.15) is 29.7 Å². The Morgan fingerprint density at radius 3 is 1.77 bits per heavy atom. The lowest BCUT2D eigenvalue weighted by Crippen LogP contribution is -2.35. The quantitative estimate of drug-likeness (QED) is 0.625. The van der Waals surface area contributed by atoms with Crippen molar-refractivity contribution in [2.24, 2.45) is 0 Å². The van der Waals surface area contributed by atoms with Crippen molar-refractivity contribution >= 4 is 17.7 Å². The third-order valence-electron chi connectivity index (χ3n) is 4.26. The van der Waals surface area contributed by atoms with Crippen molar-refractivity contribution < 1.29 is 4.79 Å². The first kappa shape index (κ1) is 18.3. The van der Waals surface area contributed by atoms with E-state index in [-0.39, 0.29) is 17.2 Å². The SMILES string of the molecule is C[C@@H](SCc1ccccc1)C(=O)NC(c1ccccc1)c1ccccc1. The Morgan fingerprint density at radius 1 is 0.808 bits per heavy atom. The summed E-state index contributed by atoms with van der Waals surface area (Å²) in [7, 11) is 0. The Hall–Kier alpha value is -2.52. The Morgan fingerprint density at radius 2 is 1.27 bits per heavy atom. The number of nitrogens with one attached hydrogen (secondary N) is 1. The molecule has 3 aromatic rings. The third kappa shape index (κ3) is 4.99. The van der Waals surface area contributed by atoms with Gasteiger partial charge in [0, 0.05) is 5.75 Å². The second-order valence-electron chi connectivity index (χ2n) is 6.20. The number of carbonyl (C=O) groups excluding carboxylic acids is 1. The van der Waals surface area contributed by atoms with Crippen molar-refractivity contribution in [3.63, 3.8) is 0 Å². The molecule has 2 nitrogen and oxygen atoms in total. The number of amides is 1. The highest BCUT2D eigenvalue weighted by atomic mass is 32.2. The molecule has 0 aliphatic carbocycles. The molecule has 3 rings (SSSR count). The van der Waals surface area contributed by atoms with E-state index in [1.165, 1.54) is 5.56 Å². The predicted octanol–water partition coefficient (Wildman–Crippen LogP) is 5.21. The van der Waals surface area contributed by atoms with Crippen molar-refractivity contribution in [2.75, 3.05) is 0 Å². The van der Waals surface area contributed by atoms with Crippen molar-refractivity contribution in [3.05, 3.63) is 108 Å². The van der Waals surface area contributed by atoms with Crippen LogP contribution in [0.3, 0.4) is 0 Å². The van der Waals surface area contributed by atoms with E-state index in [9.17, 15) is 4.79 Å². The molecule has 0 saturated carbocycles. The molecule has 0 saturated heterocycles. The van der Waals surface area contributed by atoms with Gasteiger partial charge in [0.2, 0.25) is 5.91 Å². The van der Waals surface area contributed by atoms with Crippen molar-refractivity contribution in [1.82, 2.24) is 5.32 Å². The van der Waals surface area contributed by atoms with E-state index in [1.807, 2.05) is 61.5 Å². The van der Waals surface area contributed by atoms with E-state index >= 15 is 0 Å². The summed E-state index contributed by atoms with van der Waals surface area (Å²) in [6.07, 6.45) is 0. The Balaban J connectivity index is 1.69. The van der Waals surface area contributed by atoms with E-state index in [1.54, 1.807) is 11.8 Å². The van der Waals surface area contributed by atoms with E-state index in [4.69, 9.17) is 0 Å². The first-order valence-corrected chi connectivity index (χ1v) is 9.84. The van der Waals surface area contributed by atoms with Crippen molar-refractivity contribution in [3.8, 4) is 0 Å². The molecule has 0 spiro atoms. The highest BCUT2D eigenvalue weighted by Crippen LogP contribution is 2.24. The molecule has 0 aliphatic rings. The zero-order chi connectivity index (χ0) is 18.2. The van der Waals surface area contributed by atoms with Crippen LogP contribution in [0.5, 0.6) is 0 Å². The van der Waals surface area contributed by atoms with Gasteiger partial charge in [-0.15, -0.1) is 11.8 Å². The lowest BCUT2D eigenvalue weighted by molar-refractivity contribution is -0.120. The van der Waals surface area contributed by atoms with Gasteiger partial charge in [0.25, 0.3) is 0 Å². The van der Waals surface area contributed by atoms with Crippen LogP contribution in [0.25, 0.3) is 0 Å². The van der Waals surface area contributed by atoms with Crippen LogP contribution in [0.2, 0.25) is 0 Å². The lowest BCUT2D eigenvalue weighted by atomic mass is 9.98. The van der Waals surface area contributed by atoms with Crippen LogP contribution < -0.4 is 5.32 Å². The smallest absolute Gasteiger partial charge is 0.233 e. The molecule has 0 radical (unpaired) electrons. The molecule has 0 heterocycles. The number of rotatable bonds is 7. The molecule has 0 unspecified atom stereocenters. The molecule has 0 aliphatic heterocycles. The van der Waals surface area contributed by atoms with Crippen LogP contribution in [0.15, 0.2) is 91.0 Å². The maximum atomic E-state index is 12.8. The van der Waals surface area contributed by atoms with Gasteiger partial charge in [0.1, 0.15) is 0 Å². The largest absolute Gasteiger partial charge is 0.344 e. The van der Waals surface area contributed by atoms with E-state index < -0.39 is 0 Å². The molecule has 0 fully saturated rings. The molecule has 1 atom stereocenters. The zero-order valence-electron chi connectivity index (χ0n) is 14.8. The average Bonchev–Trinajstić information content (AvgIpc) is 2.72. The van der Waals surface area contributed by atoms with Crippen LogP contribution >= 0.6 is 11.8 Å². The molecule has 3 heteroatoms. The maximum absolute atomic E-state index is 12.8. The molecular formula is C23H23NOS. The molecule has 3 aromatic carbocycles. The number of benzene rings is 3. The molecular weight excluding hydrogens is 338 g/mol. The minimum atomic E-state index is -0.135. The summed E-state index contributed by atoms with van der Waals surface area (Å²) in [5.74, 6) is 0.889. The van der Waals surface area contributed by atoms with E-state index in [2.05, 4.69) is 41.7 Å². The summed E-state index contributed by atoms with van der Waals surface area (Å²) in [4.78, 5) is 12.8. The summed E-state index contributed by atoms with van der Waals surface area (Å²) in [6.45, 7) is 1.97. The predicted molar refractivity (Wildman–Crippen MR) is 110 cm³/mol. The molecule has 0 aromatic heterocycles. The van der Waals surface area contributed by atoms with Gasteiger partial charge in [-0.05, 0) is 23.6 Å². The summed E-state index contributed by atoms with van der Waals surface area (Å²) >= 11 is 1.66. The molecule has 0 bridgehead atoms. The monoisotopic (exact) mass is 361 g/mol. The van der Waals surface area contributed by atoms with Crippen LogP contribution in [-0.4, -0.2) is 11.2 Å². The fourth-order valence-electron chi connectivity index (χ4n) is 2.78. The normalized spacial score (nSPS) is 11.9. The number of hydrogen-bond acceptors (Lipinski definition) is 2. The number of hydrogen-bond donors (Lipinski definition) is 1. The van der Waals surface area contributed by atoms with Gasteiger partial charge < -0.3 is 5.32 Å². The summed E-state index contributed by atoms with van der Waals surface area (Å²) in [5, 5.41) is 3.11. The maximum Gasteiger partial charge on any atom is 0.233 e. The Kier molecular flexibility index (Phi) is 6.50. The van der Waals surface area contributed by atoms with Gasteiger partial charge in [-0.3, -0.25) is 4.79 Å². The molecule has 26 heavy (non-hydrogen) atoms. The second-order valence-corrected chi connectivity index (χ2v) is 7.53. The van der Waals surface area contributed by atoms with Gasteiger partial charge in [-0.25, -0.2) is 0 Å². The van der Waals surface area contributed by atoms with Gasteiger partial charge in [0.15, 0.2) is 0 Å². The van der Waals surface area contributed by atoms with E-state index in [0.717, 1.165) is 16.9 Å². The van der Waals surface area contributed by atoms with E-state index in [0.29, 0.717) is 0 Å². The van der Waals surface area contributed by atoms with Crippen molar-refractivity contribution in [2.45, 2.75) is 24.0 Å². The van der Waals surface area contributed by atoms with Crippen LogP contribution in [-0.2, 0) is 10.5 Å². The third-order valence-corrected chi connectivity index (χ3v) is 5.48. The number of carbonyl (C=O) groups is 1. The topological polar surface area (TPSA) is 29.1 Å². The van der Waals surface area contributed by atoms with Gasteiger partial charge in [0.05, 0.1) is 11.3 Å². The highest BCUT2D eigenvalue weighted by Gasteiger charge is 2.20. The lowest BCUT2D eigenvalue weighted by Gasteiger charge is -2.22. The summed E-state index contributed by atoms with van der Waals surface area (Å²) in [5.41, 5.74) is 3.42. The molecule has 132 valence electrons. The second kappa shape index (κ2) is 9.25. The zero-order valence-corrected chi connectivity index (χ0v) is 15.7. The van der Waals surface area contributed by atoms with Crippen molar-refractivity contribution in [1.29, 1.82) is 0 Å². The Labute approximate surface area is 159 Å². The summed E-state index contributed by atoms with van der Waals surface area (Å²) < 4.78 is 0. The first-order valence-electron chi connectivity index (χ1n) is 8.80. The molecule has 1 N–H and O–H groups in total. The van der Waals surface area contributed by atoms with Gasteiger partial charge in [-0.1, -0.05) is 91.0 Å². The number of thioether (sulfide) groups is 1. The Bertz CT molecular complexity index is 766. The highest BCUT2D eigenvalue weighted by molar-refractivity contribution is 7.99. The first-order chi connectivity index (χ1) is 12.7. The summed E-state index contributed by atoms with van der Waals surface area (Å²) in [6, 6.07) is 30.3. The fraction of sp³-hybridized carbons (Fsp3) is 0.174. The van der Waals surface area contributed by atoms with Gasteiger partial charge >= 0.3 is 0 Å². The standard InChI is InChI=1S/C23H23NOS/c1-18(26-17-19-11-5-2-6-12-19)23(25)24-22(20-13-7-3-8-14-20)21-15-9-4-10-16-21/h2-16,18,22H,17H2,1H3,(H,24,25)/t18-/m1/s1. The molecule has 1 amide bonds. The van der Waals surface area contributed by atoms with Crippen LogP contribution in [0, 0.1) is 0 Å².